The number of rotatable bonds is 3. The molecule has 2 aromatic rings. The Bertz CT molecular complexity index is 933. The van der Waals surface area contributed by atoms with E-state index in [1.54, 1.807) is 0 Å². The first-order valence-electron chi connectivity index (χ1n) is 6.79. The number of nitrogens with zero attached hydrogens (tertiary/aromatic N) is 1. The molecular weight excluding hydrogens is 340 g/mol. The Balaban J connectivity index is 2.16. The normalized spacial score (nSPS) is 14.8. The van der Waals surface area contributed by atoms with Gasteiger partial charge in [0, 0.05) is 22.9 Å². The first-order valence-corrected chi connectivity index (χ1v) is 9.56. The van der Waals surface area contributed by atoms with Crippen LogP contribution in [0.2, 0.25) is 0 Å². The quantitative estimate of drug-likeness (QED) is 0.838. The van der Waals surface area contributed by atoms with Gasteiger partial charge < -0.3 is 0 Å². The average Bonchev–Trinajstić information content (AvgIpc) is 3.03. The van der Waals surface area contributed by atoms with Crippen molar-refractivity contribution in [2.24, 2.45) is 0 Å². The number of halogens is 2. The Morgan fingerprint density at radius 2 is 1.87 bits per heavy atom. The number of hydrogen-bond acceptors (Lipinski definition) is 4. The Morgan fingerprint density at radius 1 is 1.22 bits per heavy atom. The Kier molecular flexibility index (Phi) is 3.93. The molecule has 0 aliphatic heterocycles. The standard InChI is InChI=1S/C16H13F2NO2S2/c1-9-8-22-16(19-9)12-5-3-4-11(12)10-6-13(17)15(14(18)7-10)23(2,20)21/h3,5-8H,4H2,1-2H3. The molecule has 1 aromatic carbocycles. The van der Waals surface area contributed by atoms with Crippen molar-refractivity contribution in [2.75, 3.05) is 6.26 Å². The number of benzene rings is 1. The first-order chi connectivity index (χ1) is 10.8. The third-order valence-corrected chi connectivity index (χ3v) is 5.62. The van der Waals surface area contributed by atoms with Crippen LogP contribution in [0.5, 0.6) is 0 Å². The van der Waals surface area contributed by atoms with Gasteiger partial charge in [-0.15, -0.1) is 11.3 Å². The summed E-state index contributed by atoms with van der Waals surface area (Å²) in [5.41, 5.74) is 2.76. The highest BCUT2D eigenvalue weighted by Gasteiger charge is 2.23. The summed E-state index contributed by atoms with van der Waals surface area (Å²) in [6.45, 7) is 1.87. The van der Waals surface area contributed by atoms with Crippen molar-refractivity contribution in [1.82, 2.24) is 4.98 Å². The van der Waals surface area contributed by atoms with Gasteiger partial charge in [-0.25, -0.2) is 22.2 Å². The minimum atomic E-state index is -3.96. The highest BCUT2D eigenvalue weighted by Crippen LogP contribution is 2.37. The van der Waals surface area contributed by atoms with Gasteiger partial charge in [0.25, 0.3) is 0 Å². The van der Waals surface area contributed by atoms with Gasteiger partial charge in [-0.05, 0) is 36.6 Å². The fourth-order valence-electron chi connectivity index (χ4n) is 2.54. The van der Waals surface area contributed by atoms with Gasteiger partial charge in [0.05, 0.1) is 0 Å². The lowest BCUT2D eigenvalue weighted by Crippen LogP contribution is -2.05. The van der Waals surface area contributed by atoms with Crippen LogP contribution in [0.1, 0.15) is 22.7 Å². The molecule has 120 valence electrons. The van der Waals surface area contributed by atoms with Crippen LogP contribution in [0.4, 0.5) is 8.78 Å². The van der Waals surface area contributed by atoms with Crippen molar-refractivity contribution in [3.63, 3.8) is 0 Å². The molecule has 3 rings (SSSR count). The van der Waals surface area contributed by atoms with Crippen LogP contribution in [0.3, 0.4) is 0 Å². The molecule has 0 N–H and O–H groups in total. The molecular formula is C16H13F2NO2S2. The summed E-state index contributed by atoms with van der Waals surface area (Å²) in [5, 5.41) is 2.68. The van der Waals surface area contributed by atoms with E-state index in [0.29, 0.717) is 12.0 Å². The number of allylic oxidation sites excluding steroid dienone is 4. The third-order valence-electron chi connectivity index (χ3n) is 3.50. The van der Waals surface area contributed by atoms with E-state index in [-0.39, 0.29) is 0 Å². The predicted octanol–water partition coefficient (Wildman–Crippen LogP) is 4.00. The summed E-state index contributed by atoms with van der Waals surface area (Å²) < 4.78 is 51.2. The minimum absolute atomic E-state index is 0.334. The van der Waals surface area contributed by atoms with Gasteiger partial charge in [0.2, 0.25) is 0 Å². The van der Waals surface area contributed by atoms with Gasteiger partial charge in [-0.3, -0.25) is 0 Å². The third kappa shape index (κ3) is 2.98. The van der Waals surface area contributed by atoms with E-state index in [4.69, 9.17) is 0 Å². The van der Waals surface area contributed by atoms with E-state index in [1.165, 1.54) is 11.3 Å². The molecule has 0 fully saturated rings. The first kappa shape index (κ1) is 16.0. The van der Waals surface area contributed by atoms with Gasteiger partial charge in [-0.2, -0.15) is 0 Å². The average molecular weight is 353 g/mol. The SMILES string of the molecule is Cc1csc(C2=C(c3cc(F)c(S(C)(=O)=O)c(F)c3)CC=C2)n1. The van der Waals surface area contributed by atoms with E-state index in [0.717, 1.165) is 40.2 Å². The van der Waals surface area contributed by atoms with E-state index in [9.17, 15) is 17.2 Å². The zero-order chi connectivity index (χ0) is 16.8. The summed E-state index contributed by atoms with van der Waals surface area (Å²) in [5.74, 6) is -2.15. The van der Waals surface area contributed by atoms with E-state index < -0.39 is 26.4 Å². The van der Waals surface area contributed by atoms with Crippen LogP contribution in [0, 0.1) is 18.6 Å². The number of thiazole rings is 1. The van der Waals surface area contributed by atoms with Crippen molar-refractivity contribution in [3.8, 4) is 0 Å². The highest BCUT2D eigenvalue weighted by molar-refractivity contribution is 7.90. The van der Waals surface area contributed by atoms with Gasteiger partial charge in [0.1, 0.15) is 21.5 Å². The fourth-order valence-corrected chi connectivity index (χ4v) is 4.22. The molecule has 0 unspecified atom stereocenters. The van der Waals surface area contributed by atoms with Gasteiger partial charge >= 0.3 is 0 Å². The molecule has 1 aliphatic carbocycles. The van der Waals surface area contributed by atoms with Crippen LogP contribution in [-0.2, 0) is 9.84 Å². The molecule has 7 heteroatoms. The molecule has 0 spiro atoms. The minimum Gasteiger partial charge on any atom is -0.241 e. The summed E-state index contributed by atoms with van der Waals surface area (Å²) in [6, 6.07) is 2.14. The molecule has 0 saturated carbocycles. The second kappa shape index (κ2) is 5.65. The lowest BCUT2D eigenvalue weighted by atomic mass is 10.0. The van der Waals surface area contributed by atoms with E-state index >= 15 is 0 Å². The summed E-state index contributed by atoms with van der Waals surface area (Å²) >= 11 is 1.46. The maximum atomic E-state index is 14.1. The number of hydrogen-bond donors (Lipinski definition) is 0. The molecule has 1 aliphatic rings. The second-order valence-corrected chi connectivity index (χ2v) is 8.14. The van der Waals surface area contributed by atoms with Crippen LogP contribution in [0.25, 0.3) is 11.1 Å². The molecule has 1 aromatic heterocycles. The Hall–Kier alpha value is -1.86. The molecule has 0 bridgehead atoms. The lowest BCUT2D eigenvalue weighted by molar-refractivity contribution is 0.520. The fraction of sp³-hybridized carbons (Fsp3) is 0.188. The molecule has 0 amide bonds. The van der Waals surface area contributed by atoms with Crippen molar-refractivity contribution in [1.29, 1.82) is 0 Å². The maximum Gasteiger partial charge on any atom is 0.181 e. The van der Waals surface area contributed by atoms with Crippen LogP contribution in [0.15, 0.2) is 34.6 Å². The molecule has 1 heterocycles. The van der Waals surface area contributed by atoms with Crippen molar-refractivity contribution < 1.29 is 17.2 Å². The molecule has 3 nitrogen and oxygen atoms in total. The summed E-state index contributed by atoms with van der Waals surface area (Å²) in [7, 11) is -3.96. The van der Waals surface area contributed by atoms with Gasteiger partial charge in [0.15, 0.2) is 9.84 Å². The molecule has 0 atom stereocenters. The Labute approximate surface area is 136 Å². The second-order valence-electron chi connectivity index (χ2n) is 5.33. The molecule has 23 heavy (non-hydrogen) atoms. The predicted molar refractivity (Wildman–Crippen MR) is 86.9 cm³/mol. The number of aryl methyl sites for hydroxylation is 1. The molecule has 0 saturated heterocycles. The smallest absolute Gasteiger partial charge is 0.181 e. The van der Waals surface area contributed by atoms with Crippen LogP contribution in [-0.4, -0.2) is 19.7 Å². The summed E-state index contributed by atoms with van der Waals surface area (Å²) in [4.78, 5) is 3.51. The highest BCUT2D eigenvalue weighted by atomic mass is 32.2. The monoisotopic (exact) mass is 353 g/mol. The van der Waals surface area contributed by atoms with Gasteiger partial charge in [-0.1, -0.05) is 12.2 Å². The molecule has 0 radical (unpaired) electrons. The number of sulfone groups is 1. The van der Waals surface area contributed by atoms with E-state index in [1.807, 2.05) is 24.5 Å². The topological polar surface area (TPSA) is 47.0 Å². The van der Waals surface area contributed by atoms with Crippen LogP contribution >= 0.6 is 11.3 Å². The van der Waals surface area contributed by atoms with Crippen molar-refractivity contribution in [2.45, 2.75) is 18.2 Å². The largest absolute Gasteiger partial charge is 0.241 e. The maximum absolute atomic E-state index is 14.1. The Morgan fingerprint density at radius 3 is 2.39 bits per heavy atom. The zero-order valence-electron chi connectivity index (χ0n) is 12.4. The van der Waals surface area contributed by atoms with Crippen LogP contribution < -0.4 is 0 Å². The zero-order valence-corrected chi connectivity index (χ0v) is 14.1. The van der Waals surface area contributed by atoms with E-state index in [2.05, 4.69) is 4.98 Å². The summed E-state index contributed by atoms with van der Waals surface area (Å²) in [6.07, 6.45) is 5.06. The van der Waals surface area contributed by atoms with Crippen molar-refractivity contribution >= 4 is 32.3 Å². The number of aromatic nitrogens is 1. The lowest BCUT2D eigenvalue weighted by Gasteiger charge is -2.09. The van der Waals surface area contributed by atoms with Crippen molar-refractivity contribution in [3.05, 3.63) is 57.6 Å².